The second-order valence-electron chi connectivity index (χ2n) is 3.51. The first-order valence-corrected chi connectivity index (χ1v) is 3.31. The van der Waals surface area contributed by atoms with Gasteiger partial charge in [-0.05, 0) is 11.8 Å². The van der Waals surface area contributed by atoms with E-state index >= 15 is 0 Å². The molecule has 0 amide bonds. The van der Waals surface area contributed by atoms with E-state index in [1.807, 2.05) is 0 Å². The van der Waals surface area contributed by atoms with Gasteiger partial charge in [-0.3, -0.25) is 0 Å². The van der Waals surface area contributed by atoms with Crippen LogP contribution in [0.1, 0.15) is 27.2 Å². The lowest BCUT2D eigenvalue weighted by molar-refractivity contribution is -0.131. The monoisotopic (exact) mass is 142 g/mol. The van der Waals surface area contributed by atoms with Crippen LogP contribution in [0.3, 0.4) is 0 Å². The Kier molecular flexibility index (Phi) is 3.13. The lowest BCUT2D eigenvalue weighted by atomic mass is 9.92. The molecule has 0 aliphatic carbocycles. The van der Waals surface area contributed by atoms with Gasteiger partial charge in [-0.2, -0.15) is 0 Å². The standard InChI is InChI=1S/C8H14O2/c1-8(2,3)6-4-5-7(9)10/h4-5H,6H2,1-3H3,(H,9,10). The van der Waals surface area contributed by atoms with Crippen molar-refractivity contribution in [3.8, 4) is 0 Å². The van der Waals surface area contributed by atoms with E-state index < -0.39 is 5.97 Å². The minimum absolute atomic E-state index is 0.186. The third-order valence-electron chi connectivity index (χ3n) is 0.991. The van der Waals surface area contributed by atoms with Crippen LogP contribution in [-0.2, 0) is 4.79 Å². The lowest BCUT2D eigenvalue weighted by Crippen LogP contribution is -2.02. The van der Waals surface area contributed by atoms with Gasteiger partial charge in [-0.1, -0.05) is 26.8 Å². The van der Waals surface area contributed by atoms with E-state index in [9.17, 15) is 4.79 Å². The first-order valence-electron chi connectivity index (χ1n) is 3.31. The van der Waals surface area contributed by atoms with Gasteiger partial charge in [0.15, 0.2) is 0 Å². The van der Waals surface area contributed by atoms with Crippen LogP contribution >= 0.6 is 0 Å². The quantitative estimate of drug-likeness (QED) is 0.599. The van der Waals surface area contributed by atoms with Crippen molar-refractivity contribution >= 4 is 5.97 Å². The highest BCUT2D eigenvalue weighted by molar-refractivity contribution is 5.79. The minimum atomic E-state index is -0.871. The Morgan fingerprint density at radius 2 is 2.00 bits per heavy atom. The van der Waals surface area contributed by atoms with Crippen LogP contribution in [-0.4, -0.2) is 11.1 Å². The number of carboxylic acid groups (broad SMARTS) is 1. The Balaban J connectivity index is 3.64. The molecular weight excluding hydrogens is 128 g/mol. The molecule has 0 aliphatic heterocycles. The summed E-state index contributed by atoms with van der Waals surface area (Å²) >= 11 is 0. The molecule has 0 fully saturated rings. The van der Waals surface area contributed by atoms with E-state index in [2.05, 4.69) is 20.8 Å². The maximum atomic E-state index is 10.00. The summed E-state index contributed by atoms with van der Waals surface area (Å²) in [5.74, 6) is -0.871. The molecule has 2 heteroatoms. The number of allylic oxidation sites excluding steroid dienone is 1. The van der Waals surface area contributed by atoms with Crippen molar-refractivity contribution < 1.29 is 9.90 Å². The van der Waals surface area contributed by atoms with E-state index in [0.717, 1.165) is 6.42 Å². The van der Waals surface area contributed by atoms with E-state index in [-0.39, 0.29) is 5.41 Å². The molecule has 0 rings (SSSR count). The summed E-state index contributed by atoms with van der Waals surface area (Å²) in [6.07, 6.45) is 3.67. The molecule has 2 nitrogen and oxygen atoms in total. The highest BCUT2D eigenvalue weighted by Crippen LogP contribution is 2.18. The Bertz CT molecular complexity index is 140. The molecule has 0 aromatic rings. The van der Waals surface area contributed by atoms with Gasteiger partial charge in [0.05, 0.1) is 0 Å². The van der Waals surface area contributed by atoms with Crippen molar-refractivity contribution in [2.75, 3.05) is 0 Å². The zero-order valence-electron chi connectivity index (χ0n) is 6.72. The van der Waals surface area contributed by atoms with Gasteiger partial charge >= 0.3 is 5.97 Å². The Morgan fingerprint density at radius 3 is 2.30 bits per heavy atom. The molecule has 0 saturated carbocycles. The highest BCUT2D eigenvalue weighted by Gasteiger charge is 2.06. The third kappa shape index (κ3) is 7.21. The van der Waals surface area contributed by atoms with Crippen LogP contribution in [0.2, 0.25) is 0 Å². The van der Waals surface area contributed by atoms with Crippen LogP contribution < -0.4 is 0 Å². The fraction of sp³-hybridized carbons (Fsp3) is 0.625. The fourth-order valence-corrected chi connectivity index (χ4v) is 0.513. The van der Waals surface area contributed by atoms with Crippen LogP contribution in [0.5, 0.6) is 0 Å². The molecule has 0 radical (unpaired) electrons. The van der Waals surface area contributed by atoms with Gasteiger partial charge in [-0.25, -0.2) is 4.79 Å². The van der Waals surface area contributed by atoms with Crippen molar-refractivity contribution in [3.63, 3.8) is 0 Å². The van der Waals surface area contributed by atoms with Gasteiger partial charge in [-0.15, -0.1) is 0 Å². The molecule has 58 valence electrons. The second kappa shape index (κ2) is 3.40. The Labute approximate surface area is 61.6 Å². The van der Waals surface area contributed by atoms with E-state index in [1.54, 1.807) is 6.08 Å². The summed E-state index contributed by atoms with van der Waals surface area (Å²) in [5, 5.41) is 8.22. The van der Waals surface area contributed by atoms with Crippen molar-refractivity contribution in [1.29, 1.82) is 0 Å². The number of aliphatic carboxylic acids is 1. The Hall–Kier alpha value is -0.790. The van der Waals surface area contributed by atoms with Crippen LogP contribution in [0.25, 0.3) is 0 Å². The molecule has 0 heterocycles. The molecular formula is C8H14O2. The summed E-state index contributed by atoms with van der Waals surface area (Å²) in [6.45, 7) is 6.21. The van der Waals surface area contributed by atoms with Crippen molar-refractivity contribution in [2.24, 2.45) is 5.41 Å². The van der Waals surface area contributed by atoms with Gasteiger partial charge < -0.3 is 5.11 Å². The summed E-state index contributed by atoms with van der Waals surface area (Å²) in [7, 11) is 0. The maximum absolute atomic E-state index is 10.00. The smallest absolute Gasteiger partial charge is 0.327 e. The van der Waals surface area contributed by atoms with E-state index in [0.29, 0.717) is 0 Å². The molecule has 0 saturated heterocycles. The Morgan fingerprint density at radius 1 is 1.50 bits per heavy atom. The van der Waals surface area contributed by atoms with Crippen molar-refractivity contribution in [3.05, 3.63) is 12.2 Å². The maximum Gasteiger partial charge on any atom is 0.327 e. The van der Waals surface area contributed by atoms with Gasteiger partial charge in [0.25, 0.3) is 0 Å². The molecule has 0 aromatic heterocycles. The number of carboxylic acids is 1. The number of hydrogen-bond acceptors (Lipinski definition) is 1. The molecule has 0 aromatic carbocycles. The number of carbonyl (C=O) groups is 1. The van der Waals surface area contributed by atoms with Crippen LogP contribution in [0.15, 0.2) is 12.2 Å². The second-order valence-corrected chi connectivity index (χ2v) is 3.51. The van der Waals surface area contributed by atoms with Crippen molar-refractivity contribution in [1.82, 2.24) is 0 Å². The van der Waals surface area contributed by atoms with Crippen LogP contribution in [0, 0.1) is 5.41 Å². The summed E-state index contributed by atoms with van der Waals surface area (Å²) < 4.78 is 0. The van der Waals surface area contributed by atoms with E-state index in [4.69, 9.17) is 5.11 Å². The zero-order chi connectivity index (χ0) is 8.20. The summed E-state index contributed by atoms with van der Waals surface area (Å²) in [6, 6.07) is 0. The third-order valence-corrected chi connectivity index (χ3v) is 0.991. The van der Waals surface area contributed by atoms with Gasteiger partial charge in [0.1, 0.15) is 0 Å². The summed E-state index contributed by atoms with van der Waals surface area (Å²) in [4.78, 5) is 10.00. The van der Waals surface area contributed by atoms with Crippen molar-refractivity contribution in [2.45, 2.75) is 27.2 Å². The summed E-state index contributed by atoms with van der Waals surface area (Å²) in [5.41, 5.74) is 0.186. The first kappa shape index (κ1) is 9.21. The average Bonchev–Trinajstić information content (AvgIpc) is 1.59. The molecule has 0 spiro atoms. The molecule has 0 atom stereocenters. The predicted molar refractivity (Wildman–Crippen MR) is 40.8 cm³/mol. The molecule has 0 aliphatic rings. The van der Waals surface area contributed by atoms with Gasteiger partial charge in [0.2, 0.25) is 0 Å². The van der Waals surface area contributed by atoms with Gasteiger partial charge in [0, 0.05) is 6.08 Å². The predicted octanol–water partition coefficient (Wildman–Crippen LogP) is 2.06. The SMILES string of the molecule is CC(C)(C)CC=CC(=O)O. The average molecular weight is 142 g/mol. The highest BCUT2D eigenvalue weighted by atomic mass is 16.4. The fourth-order valence-electron chi connectivity index (χ4n) is 0.513. The number of rotatable bonds is 2. The van der Waals surface area contributed by atoms with E-state index in [1.165, 1.54) is 6.08 Å². The number of hydrogen-bond donors (Lipinski definition) is 1. The first-order chi connectivity index (χ1) is 4.42. The molecule has 10 heavy (non-hydrogen) atoms. The zero-order valence-corrected chi connectivity index (χ0v) is 6.72. The normalized spacial score (nSPS) is 12.3. The topological polar surface area (TPSA) is 37.3 Å². The minimum Gasteiger partial charge on any atom is -0.478 e. The largest absolute Gasteiger partial charge is 0.478 e. The molecule has 1 N–H and O–H groups in total. The molecule has 0 bridgehead atoms. The lowest BCUT2D eigenvalue weighted by Gasteiger charge is -2.13. The molecule has 0 unspecified atom stereocenters. The van der Waals surface area contributed by atoms with Crippen LogP contribution in [0.4, 0.5) is 0 Å².